The fourth-order valence-electron chi connectivity index (χ4n) is 5.60. The zero-order chi connectivity index (χ0) is 25.8. The van der Waals surface area contributed by atoms with E-state index in [1.54, 1.807) is 0 Å². The van der Waals surface area contributed by atoms with E-state index in [1.165, 1.54) is 89.7 Å². The van der Waals surface area contributed by atoms with Gasteiger partial charge in [-0.05, 0) is 25.2 Å². The van der Waals surface area contributed by atoms with E-state index in [4.69, 9.17) is 0 Å². The van der Waals surface area contributed by atoms with Crippen LogP contribution >= 0.6 is 0 Å². The topological polar surface area (TPSA) is 0 Å². The third kappa shape index (κ3) is 6.71. The second-order valence-electron chi connectivity index (χ2n) is 10.3. The fourth-order valence-corrected chi connectivity index (χ4v) is 6.42. The average Bonchev–Trinajstić information content (AvgIpc) is 3.57. The summed E-state index contributed by atoms with van der Waals surface area (Å²) in [6, 6.07) is 27.8. The van der Waals surface area contributed by atoms with Gasteiger partial charge < -0.3 is 24.8 Å². The third-order valence-corrected chi connectivity index (χ3v) is 8.84. The third-order valence-electron chi connectivity index (χ3n) is 7.42. The molecule has 0 saturated carbocycles. The van der Waals surface area contributed by atoms with E-state index in [1.807, 2.05) is 0 Å². The number of halogens is 2. The van der Waals surface area contributed by atoms with Crippen LogP contribution in [-0.4, -0.2) is 3.21 Å². The number of fused-ring (bicyclic) bond motifs is 2. The predicted octanol–water partition coefficient (Wildman–Crippen LogP) is 1.19. The molecule has 6 rings (SSSR count). The SMILES string of the molecule is CCCC1(C)C=CC2=c3ccc(C)cc3=[C-]C2=C1C1=CC=CC1.[Cl-].[Cl-].[Zr+2]=[C](c1ccccc1)c1ccccc1. The molecule has 3 aromatic rings. The summed E-state index contributed by atoms with van der Waals surface area (Å²) in [4.78, 5) is 0. The van der Waals surface area contributed by atoms with Crippen LogP contribution in [0.15, 0.2) is 126 Å². The Balaban J connectivity index is 0.000000228. The Labute approximate surface area is 260 Å². The zero-order valence-electron chi connectivity index (χ0n) is 22.8. The van der Waals surface area contributed by atoms with Crippen molar-refractivity contribution in [1.29, 1.82) is 0 Å². The molecular formula is C36H33Cl2Zr-. The van der Waals surface area contributed by atoms with Gasteiger partial charge in [0.1, 0.15) is 0 Å². The van der Waals surface area contributed by atoms with Crippen molar-refractivity contribution in [2.75, 3.05) is 0 Å². The fraction of sp³-hybridized carbons (Fsp3) is 0.194. The summed E-state index contributed by atoms with van der Waals surface area (Å²) in [5, 5.41) is 2.59. The van der Waals surface area contributed by atoms with Crippen molar-refractivity contribution in [2.24, 2.45) is 5.41 Å². The van der Waals surface area contributed by atoms with Gasteiger partial charge in [0.25, 0.3) is 0 Å². The molecule has 0 aromatic heterocycles. The number of hydrogen-bond donors (Lipinski definition) is 0. The molecule has 0 saturated heterocycles. The molecule has 1 unspecified atom stereocenters. The molecule has 0 radical (unpaired) electrons. The van der Waals surface area contributed by atoms with Gasteiger partial charge in [-0.2, -0.15) is 0 Å². The summed E-state index contributed by atoms with van der Waals surface area (Å²) < 4.78 is 1.42. The summed E-state index contributed by atoms with van der Waals surface area (Å²) in [7, 11) is 0. The van der Waals surface area contributed by atoms with Crippen molar-refractivity contribution in [3.8, 4) is 0 Å². The first-order valence-corrected chi connectivity index (χ1v) is 14.5. The van der Waals surface area contributed by atoms with Crippen LogP contribution in [0, 0.1) is 12.3 Å². The Hall–Kier alpha value is -2.31. The van der Waals surface area contributed by atoms with Crippen LogP contribution in [0.4, 0.5) is 0 Å². The van der Waals surface area contributed by atoms with E-state index in [0.29, 0.717) is 0 Å². The molecule has 39 heavy (non-hydrogen) atoms. The number of benzene rings is 3. The molecule has 1 atom stereocenters. The van der Waals surface area contributed by atoms with Gasteiger partial charge >= 0.3 is 99.2 Å². The quantitative estimate of drug-likeness (QED) is 0.373. The summed E-state index contributed by atoms with van der Waals surface area (Å²) in [5.74, 6) is 0. The van der Waals surface area contributed by atoms with Crippen molar-refractivity contribution in [2.45, 2.75) is 40.0 Å². The second-order valence-corrected chi connectivity index (χ2v) is 11.5. The van der Waals surface area contributed by atoms with Gasteiger partial charge in [0.15, 0.2) is 0 Å². The van der Waals surface area contributed by atoms with Gasteiger partial charge in [0, 0.05) is 0 Å². The molecule has 0 heterocycles. The van der Waals surface area contributed by atoms with Gasteiger partial charge in [0.2, 0.25) is 0 Å². The second kappa shape index (κ2) is 13.9. The number of aryl methyl sites for hydroxylation is 1. The number of allylic oxidation sites excluding steroid dienone is 8. The first-order chi connectivity index (χ1) is 18.0. The van der Waals surface area contributed by atoms with Crippen LogP contribution in [-0.2, 0) is 24.2 Å². The molecule has 0 fully saturated rings. The molecule has 196 valence electrons. The van der Waals surface area contributed by atoms with Crippen LogP contribution < -0.4 is 35.3 Å². The van der Waals surface area contributed by atoms with E-state index in [0.717, 1.165) is 6.42 Å². The van der Waals surface area contributed by atoms with Crippen molar-refractivity contribution < 1.29 is 49.0 Å². The van der Waals surface area contributed by atoms with Crippen LogP contribution in [0.3, 0.4) is 0 Å². The maximum absolute atomic E-state index is 3.74. The molecule has 0 aliphatic heterocycles. The molecule has 0 N–H and O–H groups in total. The molecule has 3 heteroatoms. The van der Waals surface area contributed by atoms with Crippen molar-refractivity contribution in [3.05, 3.63) is 153 Å². The number of hydrogen-bond acceptors (Lipinski definition) is 0. The van der Waals surface area contributed by atoms with Crippen LogP contribution in [0.1, 0.15) is 49.8 Å². The summed E-state index contributed by atoms with van der Waals surface area (Å²) in [6.07, 6.45) is 18.7. The normalized spacial score (nSPS) is 18.1. The van der Waals surface area contributed by atoms with Crippen LogP contribution in [0.5, 0.6) is 0 Å². The summed E-state index contributed by atoms with van der Waals surface area (Å²) >= 11 is 1.46. The maximum atomic E-state index is 3.74. The minimum atomic E-state index is 0. The Bertz CT molecular complexity index is 1530. The van der Waals surface area contributed by atoms with Gasteiger partial charge in [-0.1, -0.05) is 79.5 Å². The van der Waals surface area contributed by atoms with Crippen LogP contribution in [0.25, 0.3) is 11.6 Å². The molecule has 3 aromatic carbocycles. The summed E-state index contributed by atoms with van der Waals surface area (Å²) in [5.41, 5.74) is 9.74. The Kier molecular flexibility index (Phi) is 11.1. The molecule has 0 nitrogen and oxygen atoms in total. The van der Waals surface area contributed by atoms with Gasteiger partial charge in [-0.15, -0.1) is 33.7 Å². The van der Waals surface area contributed by atoms with E-state index in [-0.39, 0.29) is 30.2 Å². The predicted molar refractivity (Wildman–Crippen MR) is 154 cm³/mol. The summed E-state index contributed by atoms with van der Waals surface area (Å²) in [6.45, 7) is 6.83. The first kappa shape index (κ1) is 31.2. The van der Waals surface area contributed by atoms with Crippen molar-refractivity contribution in [1.82, 2.24) is 0 Å². The van der Waals surface area contributed by atoms with Crippen molar-refractivity contribution >= 4 is 14.9 Å². The van der Waals surface area contributed by atoms with Gasteiger partial charge in [-0.25, -0.2) is 0 Å². The van der Waals surface area contributed by atoms with Crippen LogP contribution in [0.2, 0.25) is 0 Å². The standard InChI is InChI=1S/C23H23.C13H10.2ClH.Zr/c1-4-12-23(3)13-11-20-19-10-9-16(2)14-18(19)15-21(20)22(23)17-7-5-6-8-17;1-3-7-12(8-4-1)11-13-9-5-2-6-10-13;;;/h5-7,9-11,13-14H,4,8,12H2,1-3H3;1-10H;2*1H;/q-1;;;;+2/p-2. The molecule has 0 spiro atoms. The molecule has 0 bridgehead atoms. The molecule has 3 aliphatic carbocycles. The average molecular weight is 628 g/mol. The van der Waals surface area contributed by atoms with E-state index >= 15 is 0 Å². The molecular weight excluding hydrogens is 595 g/mol. The first-order valence-electron chi connectivity index (χ1n) is 13.2. The molecule has 0 amide bonds. The Morgan fingerprint density at radius 3 is 2.13 bits per heavy atom. The Morgan fingerprint density at radius 1 is 0.923 bits per heavy atom. The van der Waals surface area contributed by atoms with Gasteiger partial charge in [0.05, 0.1) is 0 Å². The van der Waals surface area contributed by atoms with Crippen molar-refractivity contribution in [3.63, 3.8) is 0 Å². The van der Waals surface area contributed by atoms with E-state index in [2.05, 4.69) is 136 Å². The van der Waals surface area contributed by atoms with Gasteiger partial charge in [-0.3, -0.25) is 0 Å². The minimum absolute atomic E-state index is 0. The monoisotopic (exact) mass is 625 g/mol. The zero-order valence-corrected chi connectivity index (χ0v) is 26.7. The van der Waals surface area contributed by atoms with E-state index in [9.17, 15) is 0 Å². The number of rotatable bonds is 5. The van der Waals surface area contributed by atoms with E-state index < -0.39 is 0 Å². The molecule has 3 aliphatic rings. The Morgan fingerprint density at radius 2 is 1.56 bits per heavy atom.